The maximum Gasteiger partial charge on any atom is 0.228 e. The van der Waals surface area contributed by atoms with E-state index >= 15 is 0 Å². The van der Waals surface area contributed by atoms with E-state index in [4.69, 9.17) is 0 Å². The Bertz CT molecular complexity index is 960. The first-order valence-corrected chi connectivity index (χ1v) is 7.77. The Kier molecular flexibility index (Phi) is 3.33. The number of carbonyl (C=O) groups is 1. The second kappa shape index (κ2) is 5.40. The minimum Gasteiger partial charge on any atom is -0.309 e. The number of benzene rings is 1. The van der Waals surface area contributed by atoms with Gasteiger partial charge in [0.25, 0.3) is 0 Å². The van der Waals surface area contributed by atoms with Crippen LogP contribution < -0.4 is 5.32 Å². The molecule has 0 radical (unpaired) electrons. The fraction of sp³-hybridized carbons (Fsp3) is 0.222. The van der Waals surface area contributed by atoms with Gasteiger partial charge in [0.05, 0.1) is 6.20 Å². The van der Waals surface area contributed by atoms with Crippen molar-refractivity contribution in [3.05, 3.63) is 53.9 Å². The van der Waals surface area contributed by atoms with E-state index in [9.17, 15) is 13.6 Å². The van der Waals surface area contributed by atoms with Crippen molar-refractivity contribution < 1.29 is 13.6 Å². The number of aromatic nitrogens is 2. The third-order valence-corrected chi connectivity index (χ3v) is 4.30. The Morgan fingerprint density at radius 2 is 2.00 bits per heavy atom. The molecule has 1 aromatic carbocycles. The summed E-state index contributed by atoms with van der Waals surface area (Å²) in [6.45, 7) is 1.55. The number of imidazole rings is 1. The fourth-order valence-corrected chi connectivity index (χ4v) is 2.75. The first kappa shape index (κ1) is 14.8. The minimum atomic E-state index is -0.856. The van der Waals surface area contributed by atoms with Crippen LogP contribution in [0.5, 0.6) is 0 Å². The zero-order chi connectivity index (χ0) is 16.8. The largest absolute Gasteiger partial charge is 0.309 e. The summed E-state index contributed by atoms with van der Waals surface area (Å²) in [5, 5.41) is 2.80. The van der Waals surface area contributed by atoms with Crippen LogP contribution in [0, 0.1) is 24.5 Å². The van der Waals surface area contributed by atoms with E-state index in [2.05, 4.69) is 10.3 Å². The lowest BCUT2D eigenvalue weighted by atomic mass is 10.0. The maximum atomic E-state index is 13.8. The van der Waals surface area contributed by atoms with Crippen LogP contribution in [0.25, 0.3) is 16.8 Å². The number of hydrogen-bond donors (Lipinski definition) is 1. The number of nitrogens with one attached hydrogen (secondary N) is 1. The third kappa shape index (κ3) is 2.54. The number of pyridine rings is 1. The number of amides is 1. The molecule has 0 saturated heterocycles. The molecule has 1 fully saturated rings. The Hall–Kier alpha value is -2.76. The van der Waals surface area contributed by atoms with Gasteiger partial charge >= 0.3 is 0 Å². The van der Waals surface area contributed by atoms with Crippen molar-refractivity contribution in [3.8, 4) is 11.1 Å². The van der Waals surface area contributed by atoms with Crippen LogP contribution in [0.3, 0.4) is 0 Å². The molecule has 3 aromatic rings. The third-order valence-electron chi connectivity index (χ3n) is 4.30. The van der Waals surface area contributed by atoms with E-state index in [0.717, 1.165) is 24.5 Å². The maximum absolute atomic E-state index is 13.8. The number of rotatable bonds is 3. The van der Waals surface area contributed by atoms with Gasteiger partial charge in [0.2, 0.25) is 5.91 Å². The van der Waals surface area contributed by atoms with Crippen LogP contribution in [-0.4, -0.2) is 15.3 Å². The second-order valence-electron chi connectivity index (χ2n) is 6.11. The molecule has 1 aliphatic rings. The number of carbonyl (C=O) groups excluding carboxylic acids is 1. The number of hydrogen-bond acceptors (Lipinski definition) is 2. The summed E-state index contributed by atoms with van der Waals surface area (Å²) in [5.41, 5.74) is 2.30. The van der Waals surface area contributed by atoms with Crippen LogP contribution in [0.4, 0.5) is 14.6 Å². The van der Waals surface area contributed by atoms with E-state index in [-0.39, 0.29) is 17.4 Å². The smallest absolute Gasteiger partial charge is 0.228 e. The van der Waals surface area contributed by atoms with Gasteiger partial charge in [-0.2, -0.15) is 0 Å². The van der Waals surface area contributed by atoms with Crippen molar-refractivity contribution in [1.82, 2.24) is 9.38 Å². The van der Waals surface area contributed by atoms with Gasteiger partial charge in [0.1, 0.15) is 5.65 Å². The lowest BCUT2D eigenvalue weighted by Crippen LogP contribution is -2.13. The molecule has 0 bridgehead atoms. The van der Waals surface area contributed by atoms with Gasteiger partial charge in [-0.05, 0) is 54.7 Å². The highest BCUT2D eigenvalue weighted by molar-refractivity contribution is 5.93. The molecule has 0 aliphatic heterocycles. The summed E-state index contributed by atoms with van der Waals surface area (Å²) in [7, 11) is 0. The van der Waals surface area contributed by atoms with E-state index < -0.39 is 11.6 Å². The SMILES string of the molecule is Cc1c(-c2ccc3nc(NC(=O)C4CC4)cn3c2)ccc(F)c1F. The predicted molar refractivity (Wildman–Crippen MR) is 86.6 cm³/mol. The van der Waals surface area contributed by atoms with Crippen LogP contribution in [0.2, 0.25) is 0 Å². The van der Waals surface area contributed by atoms with Crippen molar-refractivity contribution in [1.29, 1.82) is 0 Å². The highest BCUT2D eigenvalue weighted by atomic mass is 19.2. The zero-order valence-corrected chi connectivity index (χ0v) is 13.0. The van der Waals surface area contributed by atoms with E-state index in [0.29, 0.717) is 17.0 Å². The predicted octanol–water partition coefficient (Wildman–Crippen LogP) is 3.94. The Balaban J connectivity index is 1.70. The van der Waals surface area contributed by atoms with Crippen molar-refractivity contribution in [3.63, 3.8) is 0 Å². The summed E-state index contributed by atoms with van der Waals surface area (Å²) in [4.78, 5) is 16.2. The molecular formula is C18H15F2N3O. The summed E-state index contributed by atoms with van der Waals surface area (Å²) in [6, 6.07) is 6.26. The monoisotopic (exact) mass is 327 g/mol. The van der Waals surface area contributed by atoms with E-state index in [1.54, 1.807) is 41.9 Å². The molecule has 2 aromatic heterocycles. The minimum absolute atomic E-state index is 0.00456. The molecule has 122 valence electrons. The van der Waals surface area contributed by atoms with Crippen molar-refractivity contribution in [2.24, 2.45) is 5.92 Å². The number of nitrogens with zero attached hydrogens (tertiary/aromatic N) is 2. The van der Waals surface area contributed by atoms with Crippen LogP contribution in [-0.2, 0) is 4.79 Å². The molecule has 2 heterocycles. The molecule has 6 heteroatoms. The number of fused-ring (bicyclic) bond motifs is 1. The van der Waals surface area contributed by atoms with Gasteiger partial charge in [-0.1, -0.05) is 6.07 Å². The zero-order valence-electron chi connectivity index (χ0n) is 13.0. The highest BCUT2D eigenvalue weighted by Crippen LogP contribution is 2.30. The molecule has 1 amide bonds. The molecule has 0 atom stereocenters. The molecule has 1 aliphatic carbocycles. The van der Waals surface area contributed by atoms with Gasteiger partial charge in [-0.15, -0.1) is 0 Å². The van der Waals surface area contributed by atoms with Gasteiger partial charge in [-0.3, -0.25) is 4.79 Å². The van der Waals surface area contributed by atoms with Gasteiger partial charge < -0.3 is 9.72 Å². The summed E-state index contributed by atoms with van der Waals surface area (Å²) in [6.07, 6.45) is 5.36. The topological polar surface area (TPSA) is 46.4 Å². The first-order valence-electron chi connectivity index (χ1n) is 7.77. The van der Waals surface area contributed by atoms with Crippen molar-refractivity contribution in [2.45, 2.75) is 19.8 Å². The van der Waals surface area contributed by atoms with Gasteiger partial charge in [0.15, 0.2) is 17.5 Å². The number of halogens is 2. The Labute approximate surface area is 137 Å². The van der Waals surface area contributed by atoms with Crippen molar-refractivity contribution in [2.75, 3.05) is 5.32 Å². The molecule has 4 rings (SSSR count). The van der Waals surface area contributed by atoms with Crippen molar-refractivity contribution >= 4 is 17.4 Å². The van der Waals surface area contributed by atoms with Crippen LogP contribution in [0.15, 0.2) is 36.7 Å². The lowest BCUT2D eigenvalue weighted by Gasteiger charge is -2.08. The first-order chi connectivity index (χ1) is 11.5. The van der Waals surface area contributed by atoms with Crippen LogP contribution in [0.1, 0.15) is 18.4 Å². The summed E-state index contributed by atoms with van der Waals surface area (Å²) in [5.74, 6) is -1.10. The molecule has 1 saturated carbocycles. The molecular weight excluding hydrogens is 312 g/mol. The lowest BCUT2D eigenvalue weighted by molar-refractivity contribution is -0.117. The Morgan fingerprint density at radius 3 is 2.75 bits per heavy atom. The summed E-state index contributed by atoms with van der Waals surface area (Å²) < 4.78 is 28.8. The number of anilines is 1. The fourth-order valence-electron chi connectivity index (χ4n) is 2.75. The van der Waals surface area contributed by atoms with Gasteiger partial charge in [-0.25, -0.2) is 13.8 Å². The highest BCUT2D eigenvalue weighted by Gasteiger charge is 2.30. The molecule has 4 nitrogen and oxygen atoms in total. The summed E-state index contributed by atoms with van der Waals surface area (Å²) >= 11 is 0. The molecule has 24 heavy (non-hydrogen) atoms. The van der Waals surface area contributed by atoms with Gasteiger partial charge in [0, 0.05) is 12.1 Å². The van der Waals surface area contributed by atoms with E-state index in [1.165, 1.54) is 0 Å². The molecule has 0 spiro atoms. The quantitative estimate of drug-likeness (QED) is 0.792. The standard InChI is InChI=1S/C18H15F2N3O/c1-10-13(5-6-14(19)17(10)20)12-4-7-16-21-15(9-23(16)8-12)22-18(24)11-2-3-11/h4-9,11H,2-3H2,1H3,(H,22,24). The van der Waals surface area contributed by atoms with E-state index in [1.807, 2.05) is 0 Å². The second-order valence-corrected chi connectivity index (χ2v) is 6.11. The Morgan fingerprint density at radius 1 is 1.21 bits per heavy atom. The molecule has 0 unspecified atom stereocenters. The average Bonchev–Trinajstić information content (AvgIpc) is 3.33. The van der Waals surface area contributed by atoms with Crippen LogP contribution >= 0.6 is 0 Å². The molecule has 1 N–H and O–H groups in total. The normalized spacial score (nSPS) is 14.1. The average molecular weight is 327 g/mol.